The average molecular weight is 376 g/mol. The molecule has 0 atom stereocenters. The fraction of sp³-hybridized carbons (Fsp3) is 0.286. The van der Waals surface area contributed by atoms with Crippen molar-refractivity contribution in [3.05, 3.63) is 20.4 Å². The Morgan fingerprint density at radius 3 is 2.77 bits per heavy atom. The fourth-order valence-corrected chi connectivity index (χ4v) is 3.32. The lowest BCUT2D eigenvalue weighted by molar-refractivity contribution is 0.596. The van der Waals surface area contributed by atoms with Gasteiger partial charge in [-0.3, -0.25) is 0 Å². The molecule has 72 valence electrons. The van der Waals surface area contributed by atoms with Crippen LogP contribution in [-0.2, 0) is 9.84 Å². The number of hydrogen-bond acceptors (Lipinski definition) is 3. The van der Waals surface area contributed by atoms with Crippen LogP contribution < -0.4 is 0 Å². The molecular formula is C7H7BrINO2S. The lowest BCUT2D eigenvalue weighted by Crippen LogP contribution is -2.05. The van der Waals surface area contributed by atoms with Crippen LogP contribution in [0.1, 0.15) is 6.92 Å². The molecule has 0 amide bonds. The molecule has 0 bridgehead atoms. The van der Waals surface area contributed by atoms with Crippen molar-refractivity contribution in [1.82, 2.24) is 4.98 Å². The van der Waals surface area contributed by atoms with Gasteiger partial charge in [-0.15, -0.1) is 0 Å². The Morgan fingerprint density at radius 2 is 2.23 bits per heavy atom. The average Bonchev–Trinajstić information content (AvgIpc) is 2.09. The summed E-state index contributed by atoms with van der Waals surface area (Å²) in [6.45, 7) is 1.61. The molecule has 1 aromatic heterocycles. The molecule has 0 spiro atoms. The minimum Gasteiger partial charge on any atom is -0.247 e. The van der Waals surface area contributed by atoms with Gasteiger partial charge in [0, 0.05) is 9.77 Å². The van der Waals surface area contributed by atoms with Gasteiger partial charge in [-0.25, -0.2) is 13.4 Å². The summed E-state index contributed by atoms with van der Waals surface area (Å²) >= 11 is 5.14. The maximum Gasteiger partial charge on any atom is 0.180 e. The van der Waals surface area contributed by atoms with E-state index in [1.807, 2.05) is 22.6 Å². The highest BCUT2D eigenvalue weighted by Gasteiger charge is 2.16. The summed E-state index contributed by atoms with van der Waals surface area (Å²) in [5.41, 5.74) is 0. The van der Waals surface area contributed by atoms with Crippen LogP contribution in [0.4, 0.5) is 0 Å². The molecule has 0 aromatic carbocycles. The Kier molecular flexibility index (Phi) is 3.70. The smallest absolute Gasteiger partial charge is 0.180 e. The molecule has 13 heavy (non-hydrogen) atoms. The maximum absolute atomic E-state index is 11.5. The number of halogens is 2. The highest BCUT2D eigenvalue weighted by atomic mass is 127. The van der Waals surface area contributed by atoms with Gasteiger partial charge in [-0.2, -0.15) is 0 Å². The van der Waals surface area contributed by atoms with Gasteiger partial charge >= 0.3 is 0 Å². The minimum absolute atomic E-state index is 0.0906. The topological polar surface area (TPSA) is 47.0 Å². The van der Waals surface area contributed by atoms with Crippen molar-refractivity contribution in [2.75, 3.05) is 5.75 Å². The largest absolute Gasteiger partial charge is 0.247 e. The molecule has 0 aliphatic heterocycles. The molecule has 1 heterocycles. The SMILES string of the molecule is CCS(=O)(=O)c1cc(I)cnc1Br. The van der Waals surface area contributed by atoms with E-state index in [1.54, 1.807) is 19.2 Å². The third-order valence-electron chi connectivity index (χ3n) is 1.49. The van der Waals surface area contributed by atoms with Crippen LogP contribution in [0.5, 0.6) is 0 Å². The van der Waals surface area contributed by atoms with Crippen LogP contribution in [0.3, 0.4) is 0 Å². The van der Waals surface area contributed by atoms with Gasteiger partial charge in [-0.1, -0.05) is 6.92 Å². The number of nitrogens with zero attached hydrogens (tertiary/aromatic N) is 1. The van der Waals surface area contributed by atoms with E-state index in [0.29, 0.717) is 4.60 Å². The zero-order valence-electron chi connectivity index (χ0n) is 6.79. The molecule has 0 saturated heterocycles. The summed E-state index contributed by atoms with van der Waals surface area (Å²) in [6.07, 6.45) is 1.61. The molecule has 0 radical (unpaired) electrons. The molecule has 1 rings (SSSR count). The Hall–Kier alpha value is 0.310. The Morgan fingerprint density at radius 1 is 1.62 bits per heavy atom. The van der Waals surface area contributed by atoms with E-state index in [0.717, 1.165) is 3.57 Å². The van der Waals surface area contributed by atoms with Crippen LogP contribution >= 0.6 is 38.5 Å². The second kappa shape index (κ2) is 4.22. The predicted octanol–water partition coefficient (Wildman–Crippen LogP) is 2.24. The standard InChI is InChI=1S/C7H7BrINO2S/c1-2-13(11,12)6-3-5(9)4-10-7(6)8/h3-4H,2H2,1H3. The molecule has 0 aliphatic carbocycles. The molecule has 0 aliphatic rings. The summed E-state index contributed by atoms with van der Waals surface area (Å²) in [7, 11) is -3.17. The normalized spacial score (nSPS) is 11.6. The van der Waals surface area contributed by atoms with Crippen molar-refractivity contribution < 1.29 is 8.42 Å². The van der Waals surface area contributed by atoms with E-state index >= 15 is 0 Å². The van der Waals surface area contributed by atoms with Crippen molar-refractivity contribution in [1.29, 1.82) is 0 Å². The number of pyridine rings is 1. The summed E-state index contributed by atoms with van der Waals surface area (Å²) < 4.78 is 24.2. The first kappa shape index (κ1) is 11.4. The fourth-order valence-electron chi connectivity index (χ4n) is 0.778. The van der Waals surface area contributed by atoms with Gasteiger partial charge in [0.1, 0.15) is 9.50 Å². The highest BCUT2D eigenvalue weighted by Crippen LogP contribution is 2.22. The van der Waals surface area contributed by atoms with Gasteiger partial charge < -0.3 is 0 Å². The molecule has 6 heteroatoms. The van der Waals surface area contributed by atoms with Crippen molar-refractivity contribution in [3.63, 3.8) is 0 Å². The van der Waals surface area contributed by atoms with Gasteiger partial charge in [-0.05, 0) is 44.6 Å². The van der Waals surface area contributed by atoms with Crippen molar-refractivity contribution in [2.24, 2.45) is 0 Å². The van der Waals surface area contributed by atoms with E-state index in [4.69, 9.17) is 0 Å². The van der Waals surface area contributed by atoms with E-state index < -0.39 is 9.84 Å². The molecule has 3 nitrogen and oxygen atoms in total. The molecule has 0 fully saturated rings. The van der Waals surface area contributed by atoms with Gasteiger partial charge in [0.2, 0.25) is 0 Å². The van der Waals surface area contributed by atoms with Crippen molar-refractivity contribution in [3.8, 4) is 0 Å². The van der Waals surface area contributed by atoms with Gasteiger partial charge in [0.15, 0.2) is 9.84 Å². The summed E-state index contributed by atoms with van der Waals surface area (Å²) in [6, 6.07) is 1.61. The molecule has 0 unspecified atom stereocenters. The van der Waals surface area contributed by atoms with Crippen LogP contribution in [0.25, 0.3) is 0 Å². The van der Waals surface area contributed by atoms with E-state index in [2.05, 4.69) is 20.9 Å². The van der Waals surface area contributed by atoms with Crippen LogP contribution in [0.2, 0.25) is 0 Å². The zero-order chi connectivity index (χ0) is 10.1. The third-order valence-corrected chi connectivity index (χ3v) is 4.71. The first-order valence-corrected chi connectivity index (χ1v) is 7.03. The molecule has 0 saturated carbocycles. The molecule has 1 aromatic rings. The Bertz CT molecular complexity index is 419. The van der Waals surface area contributed by atoms with Crippen molar-refractivity contribution >= 4 is 48.4 Å². The monoisotopic (exact) mass is 375 g/mol. The summed E-state index contributed by atoms with van der Waals surface area (Å²) in [4.78, 5) is 4.19. The number of aromatic nitrogens is 1. The van der Waals surface area contributed by atoms with Crippen LogP contribution in [0, 0.1) is 3.57 Å². The third kappa shape index (κ3) is 2.63. The maximum atomic E-state index is 11.5. The highest BCUT2D eigenvalue weighted by molar-refractivity contribution is 14.1. The number of rotatable bonds is 2. The first-order chi connectivity index (χ1) is 5.97. The van der Waals surface area contributed by atoms with E-state index in [9.17, 15) is 8.42 Å². The number of sulfone groups is 1. The van der Waals surface area contributed by atoms with Gasteiger partial charge in [0.25, 0.3) is 0 Å². The summed E-state index contributed by atoms with van der Waals surface area (Å²) in [5, 5.41) is 0. The van der Waals surface area contributed by atoms with E-state index in [-0.39, 0.29) is 10.6 Å². The summed E-state index contributed by atoms with van der Waals surface area (Å²) in [5.74, 6) is 0.0906. The lowest BCUT2D eigenvalue weighted by atomic mass is 10.5. The van der Waals surface area contributed by atoms with Crippen LogP contribution in [-0.4, -0.2) is 19.2 Å². The Labute approximate surface area is 99.1 Å². The lowest BCUT2D eigenvalue weighted by Gasteiger charge is -2.03. The molecule has 0 N–H and O–H groups in total. The second-order valence-corrected chi connectivity index (χ2v) is 6.59. The van der Waals surface area contributed by atoms with Crippen LogP contribution in [0.15, 0.2) is 21.8 Å². The first-order valence-electron chi connectivity index (χ1n) is 3.51. The number of hydrogen-bond donors (Lipinski definition) is 0. The Balaban J connectivity index is 3.38. The second-order valence-electron chi connectivity index (χ2n) is 2.35. The quantitative estimate of drug-likeness (QED) is 0.588. The predicted molar refractivity (Wildman–Crippen MR) is 62.4 cm³/mol. The zero-order valence-corrected chi connectivity index (χ0v) is 11.3. The van der Waals surface area contributed by atoms with Gasteiger partial charge in [0.05, 0.1) is 5.75 Å². The minimum atomic E-state index is -3.17. The molecular weight excluding hydrogens is 369 g/mol. The van der Waals surface area contributed by atoms with E-state index in [1.165, 1.54) is 0 Å². The van der Waals surface area contributed by atoms with Crippen molar-refractivity contribution in [2.45, 2.75) is 11.8 Å².